The molecule has 0 saturated heterocycles. The highest BCUT2D eigenvalue weighted by Gasteiger charge is 2.10. The van der Waals surface area contributed by atoms with E-state index in [-0.39, 0.29) is 6.54 Å². The molecule has 88 valence electrons. The molecule has 0 fully saturated rings. The Morgan fingerprint density at radius 2 is 2.31 bits per heavy atom. The van der Waals surface area contributed by atoms with Crippen LogP contribution in [-0.4, -0.2) is 25.6 Å². The van der Waals surface area contributed by atoms with E-state index in [4.69, 9.17) is 16.2 Å². The minimum absolute atomic E-state index is 0.164. The molecule has 1 unspecified atom stereocenters. The summed E-state index contributed by atoms with van der Waals surface area (Å²) < 4.78 is 17.8. The molecule has 0 aromatic heterocycles. The molecule has 0 bridgehead atoms. The first-order valence-corrected chi connectivity index (χ1v) is 4.67. The summed E-state index contributed by atoms with van der Waals surface area (Å²) in [6, 6.07) is 3.22. The monoisotopic (exact) mass is 227 g/mol. The zero-order chi connectivity index (χ0) is 12.1. The topological polar surface area (TPSA) is 90.4 Å². The maximum atomic E-state index is 12.9. The lowest BCUT2D eigenvalue weighted by molar-refractivity contribution is -0.118. The third-order valence-corrected chi connectivity index (χ3v) is 2.04. The summed E-state index contributed by atoms with van der Waals surface area (Å²) in [5.74, 6) is -0.660. The lowest BCUT2D eigenvalue weighted by Gasteiger charge is -2.13. The van der Waals surface area contributed by atoms with Gasteiger partial charge in [-0.05, 0) is 12.1 Å². The van der Waals surface area contributed by atoms with Crippen molar-refractivity contribution >= 4 is 11.6 Å². The summed E-state index contributed by atoms with van der Waals surface area (Å²) in [6.07, 6.45) is 0. The van der Waals surface area contributed by atoms with Crippen LogP contribution in [0.15, 0.2) is 18.2 Å². The van der Waals surface area contributed by atoms with Gasteiger partial charge in [-0.1, -0.05) is 0 Å². The van der Waals surface area contributed by atoms with Gasteiger partial charge in [0.2, 0.25) is 5.91 Å². The van der Waals surface area contributed by atoms with Crippen LogP contribution in [0.3, 0.4) is 0 Å². The van der Waals surface area contributed by atoms with Crippen molar-refractivity contribution in [2.45, 2.75) is 6.04 Å². The second-order valence-electron chi connectivity index (χ2n) is 3.23. The normalized spacial score (nSPS) is 11.9. The number of carbonyl (C=O) groups is 1. The van der Waals surface area contributed by atoms with E-state index in [1.807, 2.05) is 0 Å². The Morgan fingerprint density at radius 1 is 1.62 bits per heavy atom. The van der Waals surface area contributed by atoms with E-state index in [2.05, 4.69) is 5.32 Å². The number of methoxy groups -OCH3 is 1. The maximum Gasteiger partial charge on any atom is 0.236 e. The number of halogens is 1. The largest absolute Gasteiger partial charge is 0.494 e. The predicted molar refractivity (Wildman–Crippen MR) is 58.6 cm³/mol. The number of primary amides is 1. The van der Waals surface area contributed by atoms with Gasteiger partial charge in [-0.2, -0.15) is 0 Å². The van der Waals surface area contributed by atoms with Gasteiger partial charge in [0.15, 0.2) is 0 Å². The second kappa shape index (κ2) is 5.32. The number of anilines is 1. The first-order valence-electron chi connectivity index (χ1n) is 4.67. The number of benzene rings is 1. The number of hydrogen-bond donors (Lipinski definition) is 3. The lowest BCUT2D eigenvalue weighted by atomic mass is 10.2. The summed E-state index contributed by atoms with van der Waals surface area (Å²) in [7, 11) is 1.42. The number of rotatable bonds is 5. The average Bonchev–Trinajstić information content (AvgIpc) is 2.26. The van der Waals surface area contributed by atoms with Crippen molar-refractivity contribution in [3.63, 3.8) is 0 Å². The van der Waals surface area contributed by atoms with Crippen molar-refractivity contribution in [2.75, 3.05) is 19.0 Å². The second-order valence-corrected chi connectivity index (χ2v) is 3.23. The minimum Gasteiger partial charge on any atom is -0.494 e. The van der Waals surface area contributed by atoms with Gasteiger partial charge < -0.3 is 21.5 Å². The zero-order valence-electron chi connectivity index (χ0n) is 8.87. The molecule has 5 N–H and O–H groups in total. The third kappa shape index (κ3) is 3.09. The average molecular weight is 227 g/mol. The number of hydrogen-bond acceptors (Lipinski definition) is 4. The highest BCUT2D eigenvalue weighted by atomic mass is 19.1. The zero-order valence-corrected chi connectivity index (χ0v) is 8.87. The van der Waals surface area contributed by atoms with Crippen LogP contribution in [0.1, 0.15) is 0 Å². The summed E-state index contributed by atoms with van der Waals surface area (Å²) in [4.78, 5) is 10.7. The fourth-order valence-electron chi connectivity index (χ4n) is 1.13. The van der Waals surface area contributed by atoms with Crippen LogP contribution in [0.2, 0.25) is 0 Å². The Kier molecular flexibility index (Phi) is 4.07. The Bertz CT molecular complexity index is 384. The molecule has 1 aromatic rings. The van der Waals surface area contributed by atoms with Crippen LogP contribution < -0.4 is 21.5 Å². The van der Waals surface area contributed by atoms with Crippen molar-refractivity contribution in [2.24, 2.45) is 11.5 Å². The number of ether oxygens (including phenoxy) is 1. The van der Waals surface area contributed by atoms with Gasteiger partial charge in [0.1, 0.15) is 17.6 Å². The third-order valence-electron chi connectivity index (χ3n) is 2.04. The first kappa shape index (κ1) is 12.3. The molecular weight excluding hydrogens is 213 g/mol. The molecule has 1 amide bonds. The van der Waals surface area contributed by atoms with E-state index in [0.29, 0.717) is 11.4 Å². The van der Waals surface area contributed by atoms with Crippen LogP contribution in [0.5, 0.6) is 5.75 Å². The van der Waals surface area contributed by atoms with E-state index in [9.17, 15) is 9.18 Å². The summed E-state index contributed by atoms with van der Waals surface area (Å²) in [5, 5.41) is 2.86. The van der Waals surface area contributed by atoms with Crippen LogP contribution in [0, 0.1) is 5.82 Å². The molecule has 1 atom stereocenters. The molecule has 0 radical (unpaired) electrons. The fraction of sp³-hybridized carbons (Fsp3) is 0.300. The SMILES string of the molecule is COc1cc(F)ccc1NCC(N)C(N)=O. The highest BCUT2D eigenvalue weighted by Crippen LogP contribution is 2.24. The fourth-order valence-corrected chi connectivity index (χ4v) is 1.13. The Morgan fingerprint density at radius 3 is 2.88 bits per heavy atom. The van der Waals surface area contributed by atoms with Gasteiger partial charge in [-0.25, -0.2) is 4.39 Å². The van der Waals surface area contributed by atoms with E-state index in [0.717, 1.165) is 0 Å². The highest BCUT2D eigenvalue weighted by molar-refractivity contribution is 5.80. The molecule has 0 heterocycles. The van der Waals surface area contributed by atoms with E-state index >= 15 is 0 Å². The van der Waals surface area contributed by atoms with Gasteiger partial charge in [-0.15, -0.1) is 0 Å². The molecule has 16 heavy (non-hydrogen) atoms. The van der Waals surface area contributed by atoms with Gasteiger partial charge in [0.25, 0.3) is 0 Å². The number of amides is 1. The lowest BCUT2D eigenvalue weighted by Crippen LogP contribution is -2.41. The van der Waals surface area contributed by atoms with Crippen LogP contribution in [0.4, 0.5) is 10.1 Å². The van der Waals surface area contributed by atoms with E-state index < -0.39 is 17.8 Å². The smallest absolute Gasteiger partial charge is 0.236 e. The van der Waals surface area contributed by atoms with Gasteiger partial charge in [-0.3, -0.25) is 4.79 Å². The molecule has 0 aliphatic heterocycles. The number of nitrogens with two attached hydrogens (primary N) is 2. The molecular formula is C10H14FN3O2. The molecule has 6 heteroatoms. The summed E-state index contributed by atoms with van der Waals surface area (Å²) in [6.45, 7) is 0.164. The van der Waals surface area contributed by atoms with Crippen molar-refractivity contribution in [1.29, 1.82) is 0 Å². The minimum atomic E-state index is -0.797. The number of carbonyl (C=O) groups excluding carboxylic acids is 1. The maximum absolute atomic E-state index is 12.9. The quantitative estimate of drug-likeness (QED) is 0.663. The van der Waals surface area contributed by atoms with Crippen molar-refractivity contribution in [1.82, 2.24) is 0 Å². The molecule has 5 nitrogen and oxygen atoms in total. The molecule has 0 spiro atoms. The van der Waals surface area contributed by atoms with Gasteiger partial charge in [0.05, 0.1) is 12.8 Å². The summed E-state index contributed by atoms with van der Waals surface area (Å²) >= 11 is 0. The van der Waals surface area contributed by atoms with Gasteiger partial charge in [0, 0.05) is 12.6 Å². The van der Waals surface area contributed by atoms with Crippen molar-refractivity contribution < 1.29 is 13.9 Å². The van der Waals surface area contributed by atoms with Crippen LogP contribution in [-0.2, 0) is 4.79 Å². The van der Waals surface area contributed by atoms with Crippen molar-refractivity contribution in [3.8, 4) is 5.75 Å². The van der Waals surface area contributed by atoms with Crippen LogP contribution >= 0.6 is 0 Å². The standard InChI is InChI=1S/C10H14FN3O2/c1-16-9-4-6(11)2-3-8(9)14-5-7(12)10(13)15/h2-4,7,14H,5,12H2,1H3,(H2,13,15). The van der Waals surface area contributed by atoms with Gasteiger partial charge >= 0.3 is 0 Å². The van der Waals surface area contributed by atoms with Crippen LogP contribution in [0.25, 0.3) is 0 Å². The van der Waals surface area contributed by atoms with E-state index in [1.54, 1.807) is 0 Å². The van der Waals surface area contributed by atoms with Crippen molar-refractivity contribution in [3.05, 3.63) is 24.0 Å². The Labute approximate surface area is 92.6 Å². The molecule has 0 saturated carbocycles. The molecule has 0 aliphatic carbocycles. The number of nitrogens with one attached hydrogen (secondary N) is 1. The molecule has 0 aliphatic rings. The first-order chi connectivity index (χ1) is 7.54. The molecule has 1 rings (SSSR count). The Balaban J connectivity index is 2.70. The van der Waals surface area contributed by atoms with E-state index in [1.165, 1.54) is 25.3 Å². The predicted octanol–water partition coefficient (Wildman–Crippen LogP) is 0.0588. The Hall–Kier alpha value is -1.82. The summed E-state index contributed by atoms with van der Waals surface area (Å²) in [5.41, 5.74) is 11.0. The molecule has 1 aromatic carbocycles.